The van der Waals surface area contributed by atoms with Crippen LogP contribution in [-0.4, -0.2) is 47.9 Å². The molecule has 1 aliphatic heterocycles. The lowest BCUT2D eigenvalue weighted by atomic mass is 10.1. The molecule has 1 fully saturated rings. The molecule has 154 valence electrons. The fourth-order valence-electron chi connectivity index (χ4n) is 4.07. The number of aromatic hydroxyl groups is 1. The van der Waals surface area contributed by atoms with Gasteiger partial charge in [-0.1, -0.05) is 18.2 Å². The van der Waals surface area contributed by atoms with E-state index in [1.165, 1.54) is 0 Å². The zero-order valence-corrected chi connectivity index (χ0v) is 17.2. The maximum absolute atomic E-state index is 13.2. The minimum Gasteiger partial charge on any atom is -0.508 e. The molecule has 4 rings (SSSR count). The second kappa shape index (κ2) is 7.74. The predicted molar refractivity (Wildman–Crippen MR) is 108 cm³/mol. The van der Waals surface area contributed by atoms with Gasteiger partial charge in [0.2, 0.25) is 10.0 Å². The topological polar surface area (TPSA) is 109 Å². The number of likely N-dealkylation sites (tertiary alicyclic amines) is 1. The number of nitrogens with zero attached hydrogens (tertiary/aromatic N) is 3. The summed E-state index contributed by atoms with van der Waals surface area (Å²) >= 11 is 0. The lowest BCUT2D eigenvalue weighted by Crippen LogP contribution is -2.47. The summed E-state index contributed by atoms with van der Waals surface area (Å²) in [5, 5.41) is 17.3. The molecule has 0 amide bonds. The molecule has 0 radical (unpaired) electrons. The molecule has 2 N–H and O–H groups in total. The Kier molecular flexibility index (Phi) is 5.28. The van der Waals surface area contributed by atoms with E-state index >= 15 is 0 Å². The summed E-state index contributed by atoms with van der Waals surface area (Å²) in [7, 11) is -3.79. The minimum atomic E-state index is -3.79. The molecule has 1 aliphatic rings. The van der Waals surface area contributed by atoms with Crippen LogP contribution in [0.15, 0.2) is 39.9 Å². The van der Waals surface area contributed by atoms with Crippen molar-refractivity contribution in [3.63, 3.8) is 0 Å². The highest BCUT2D eigenvalue weighted by atomic mass is 32.2. The Morgan fingerprint density at radius 2 is 2.00 bits per heavy atom. The molecule has 9 heteroatoms. The van der Waals surface area contributed by atoms with Crippen LogP contribution in [0.5, 0.6) is 5.75 Å². The first-order valence-corrected chi connectivity index (χ1v) is 11.1. The van der Waals surface area contributed by atoms with Crippen molar-refractivity contribution in [2.75, 3.05) is 13.1 Å². The Morgan fingerprint density at radius 1 is 1.21 bits per heavy atom. The molecule has 2 heterocycles. The molecule has 1 unspecified atom stereocenters. The van der Waals surface area contributed by atoms with E-state index in [9.17, 15) is 13.5 Å². The van der Waals surface area contributed by atoms with Crippen molar-refractivity contribution < 1.29 is 18.2 Å². The smallest absolute Gasteiger partial charge is 0.243 e. The highest BCUT2D eigenvalue weighted by Crippen LogP contribution is 2.27. The minimum absolute atomic E-state index is 0.129. The molecule has 0 spiro atoms. The third-order valence-electron chi connectivity index (χ3n) is 5.28. The first-order chi connectivity index (χ1) is 13.8. The number of phenols is 1. The normalized spacial score (nSPS) is 18.3. The van der Waals surface area contributed by atoms with Crippen LogP contribution in [0.1, 0.15) is 29.5 Å². The number of phenolic OH excluding ortho intramolecular Hbond substituents is 1. The number of aryl methyl sites for hydroxylation is 2. The van der Waals surface area contributed by atoms with Gasteiger partial charge in [-0.25, -0.2) is 17.8 Å². The monoisotopic (exact) mass is 416 g/mol. The van der Waals surface area contributed by atoms with Crippen LogP contribution in [-0.2, 0) is 16.6 Å². The Labute approximate surface area is 169 Å². The van der Waals surface area contributed by atoms with Gasteiger partial charge in [-0.15, -0.1) is 0 Å². The molecule has 0 aliphatic carbocycles. The number of rotatable bonds is 5. The Morgan fingerprint density at radius 3 is 2.79 bits per heavy atom. The fourth-order valence-corrected chi connectivity index (χ4v) is 5.69. The second-order valence-electron chi connectivity index (χ2n) is 7.67. The third-order valence-corrected chi connectivity index (χ3v) is 6.98. The van der Waals surface area contributed by atoms with Gasteiger partial charge in [0, 0.05) is 19.1 Å². The summed E-state index contributed by atoms with van der Waals surface area (Å²) < 4.78 is 34.0. The lowest BCUT2D eigenvalue weighted by Gasteiger charge is -2.33. The third kappa shape index (κ3) is 4.12. The number of aromatic nitrogens is 2. The molecule has 8 nitrogen and oxygen atoms in total. The standard InChI is InChI=1S/C20H24N4O4S/c1-13-9-14(2)20(19-18(13)21-28-22-19)29(26,27)23-16-6-4-8-24(12-16)11-15-5-3-7-17(25)10-15/h3,5,7,9-10,16,23,25H,4,6,8,11-12H2,1-2H3. The molecule has 1 aromatic heterocycles. The van der Waals surface area contributed by atoms with Gasteiger partial charge in [-0.3, -0.25) is 4.90 Å². The number of fused-ring (bicyclic) bond motifs is 1. The van der Waals surface area contributed by atoms with E-state index < -0.39 is 10.0 Å². The zero-order chi connectivity index (χ0) is 20.6. The number of benzene rings is 2. The van der Waals surface area contributed by atoms with E-state index in [2.05, 4.69) is 19.9 Å². The van der Waals surface area contributed by atoms with Gasteiger partial charge in [-0.2, -0.15) is 0 Å². The first-order valence-electron chi connectivity index (χ1n) is 9.58. The van der Waals surface area contributed by atoms with E-state index in [4.69, 9.17) is 4.63 Å². The molecule has 3 aromatic rings. The largest absolute Gasteiger partial charge is 0.508 e. The molecule has 1 atom stereocenters. The summed E-state index contributed by atoms with van der Waals surface area (Å²) in [6.45, 7) is 5.75. The molecule has 0 bridgehead atoms. The van der Waals surface area contributed by atoms with Gasteiger partial charge in [0.25, 0.3) is 0 Å². The van der Waals surface area contributed by atoms with Gasteiger partial charge < -0.3 is 5.11 Å². The van der Waals surface area contributed by atoms with Crippen LogP contribution in [0.25, 0.3) is 11.0 Å². The Balaban J connectivity index is 1.53. The van der Waals surface area contributed by atoms with E-state index in [1.807, 2.05) is 19.1 Å². The van der Waals surface area contributed by atoms with Gasteiger partial charge in [-0.05, 0) is 72.4 Å². The summed E-state index contributed by atoms with van der Waals surface area (Å²) in [6, 6.07) is 8.72. The average Bonchev–Trinajstić information content (AvgIpc) is 3.11. The van der Waals surface area contributed by atoms with Crippen molar-refractivity contribution in [1.82, 2.24) is 19.9 Å². The van der Waals surface area contributed by atoms with E-state index in [1.54, 1.807) is 25.1 Å². The van der Waals surface area contributed by atoms with E-state index in [0.717, 1.165) is 30.5 Å². The predicted octanol–water partition coefficient (Wildman–Crippen LogP) is 2.49. The zero-order valence-electron chi connectivity index (χ0n) is 16.4. The number of piperidine rings is 1. The van der Waals surface area contributed by atoms with Crippen LogP contribution in [0.4, 0.5) is 0 Å². The highest BCUT2D eigenvalue weighted by molar-refractivity contribution is 7.89. The maximum Gasteiger partial charge on any atom is 0.243 e. The lowest BCUT2D eigenvalue weighted by molar-refractivity contribution is 0.194. The number of hydrogen-bond acceptors (Lipinski definition) is 7. The highest BCUT2D eigenvalue weighted by Gasteiger charge is 2.29. The van der Waals surface area contributed by atoms with Gasteiger partial charge in [0.1, 0.15) is 16.2 Å². The Bertz CT molecular complexity index is 1140. The van der Waals surface area contributed by atoms with Crippen molar-refractivity contribution in [2.45, 2.75) is 44.2 Å². The summed E-state index contributed by atoms with van der Waals surface area (Å²) in [6.07, 6.45) is 1.65. The Hall–Kier alpha value is -2.49. The van der Waals surface area contributed by atoms with Crippen LogP contribution >= 0.6 is 0 Å². The first kappa shape index (κ1) is 19.8. The number of sulfonamides is 1. The SMILES string of the molecule is Cc1cc(C)c2nonc2c1S(=O)(=O)NC1CCCN(Cc2cccc(O)c2)C1. The molecular weight excluding hydrogens is 392 g/mol. The van der Waals surface area contributed by atoms with Crippen molar-refractivity contribution >= 4 is 21.1 Å². The second-order valence-corrected chi connectivity index (χ2v) is 9.32. The van der Waals surface area contributed by atoms with Crippen molar-refractivity contribution in [1.29, 1.82) is 0 Å². The van der Waals surface area contributed by atoms with E-state index in [-0.39, 0.29) is 22.2 Å². The quantitative estimate of drug-likeness (QED) is 0.658. The van der Waals surface area contributed by atoms with Crippen molar-refractivity contribution in [2.24, 2.45) is 0 Å². The molecule has 2 aromatic carbocycles. The van der Waals surface area contributed by atoms with Gasteiger partial charge in [0.15, 0.2) is 5.52 Å². The van der Waals surface area contributed by atoms with Gasteiger partial charge >= 0.3 is 0 Å². The molecular formula is C20H24N4O4S. The fraction of sp³-hybridized carbons (Fsp3) is 0.400. The summed E-state index contributed by atoms with van der Waals surface area (Å²) in [4.78, 5) is 2.32. The summed E-state index contributed by atoms with van der Waals surface area (Å²) in [5.74, 6) is 0.233. The number of hydrogen-bond donors (Lipinski definition) is 2. The molecule has 0 saturated carbocycles. The van der Waals surface area contributed by atoms with Crippen molar-refractivity contribution in [3.05, 3.63) is 47.0 Å². The van der Waals surface area contributed by atoms with Crippen LogP contribution in [0.2, 0.25) is 0 Å². The average molecular weight is 417 g/mol. The van der Waals surface area contributed by atoms with Crippen LogP contribution in [0, 0.1) is 13.8 Å². The van der Waals surface area contributed by atoms with Crippen molar-refractivity contribution in [3.8, 4) is 5.75 Å². The summed E-state index contributed by atoms with van der Waals surface area (Å²) in [5.41, 5.74) is 3.17. The number of nitrogens with one attached hydrogen (secondary N) is 1. The molecule has 1 saturated heterocycles. The van der Waals surface area contributed by atoms with Gasteiger partial charge in [0.05, 0.1) is 0 Å². The van der Waals surface area contributed by atoms with E-state index in [0.29, 0.717) is 24.2 Å². The maximum atomic E-state index is 13.2. The van der Waals surface area contributed by atoms with Crippen LogP contribution < -0.4 is 4.72 Å². The van der Waals surface area contributed by atoms with Crippen LogP contribution in [0.3, 0.4) is 0 Å². The molecule has 29 heavy (non-hydrogen) atoms.